The van der Waals surface area contributed by atoms with Gasteiger partial charge in [0.05, 0.1) is 10.6 Å². The molecular weight excluding hydrogens is 354 g/mol. The summed E-state index contributed by atoms with van der Waals surface area (Å²) in [6.07, 6.45) is 4.26. The maximum atomic E-state index is 12.2. The Hall–Kier alpha value is -2.19. The molecule has 0 atom stereocenters. The fourth-order valence-electron chi connectivity index (χ4n) is 2.95. The number of nitrogens with one attached hydrogen (secondary N) is 2. The fourth-order valence-corrected chi connectivity index (χ4v) is 4.02. The molecular formula is C18H23N3O4S. The monoisotopic (exact) mass is 377 g/mol. The first-order chi connectivity index (χ1) is 12.5. The lowest BCUT2D eigenvalue weighted by molar-refractivity contribution is 0.0915. The van der Waals surface area contributed by atoms with Gasteiger partial charge in [-0.2, -0.15) is 0 Å². The van der Waals surface area contributed by atoms with E-state index >= 15 is 0 Å². The molecule has 8 heteroatoms. The molecule has 1 aliphatic carbocycles. The molecule has 26 heavy (non-hydrogen) atoms. The lowest BCUT2D eigenvalue weighted by atomic mass is 9.96. The van der Waals surface area contributed by atoms with Gasteiger partial charge in [-0.05, 0) is 51.2 Å². The molecule has 0 saturated heterocycles. The van der Waals surface area contributed by atoms with E-state index in [1.807, 2.05) is 6.92 Å². The lowest BCUT2D eigenvalue weighted by Crippen LogP contribution is -2.30. The van der Waals surface area contributed by atoms with Crippen LogP contribution in [0.3, 0.4) is 0 Å². The number of hydrogen-bond donors (Lipinski definition) is 2. The minimum atomic E-state index is -3.52. The van der Waals surface area contributed by atoms with Crippen molar-refractivity contribution in [3.63, 3.8) is 0 Å². The standard InChI is InChI=1S/C18H23N3O4S/c1-13-7-9-14(10-8-13)26(23,24)20-12-4-11-19-18(22)17-15-5-2-3-6-16(15)21-25-17/h7-10,20H,2-6,11-12H2,1H3,(H,19,22). The Balaban J connectivity index is 1.45. The summed E-state index contributed by atoms with van der Waals surface area (Å²) >= 11 is 0. The van der Waals surface area contributed by atoms with Crippen molar-refractivity contribution >= 4 is 15.9 Å². The molecule has 0 aliphatic heterocycles. The number of fused-ring (bicyclic) bond motifs is 1. The van der Waals surface area contributed by atoms with Crippen LogP contribution in [-0.4, -0.2) is 32.6 Å². The van der Waals surface area contributed by atoms with Gasteiger partial charge in [0, 0.05) is 18.7 Å². The topological polar surface area (TPSA) is 101 Å². The lowest BCUT2D eigenvalue weighted by Gasteiger charge is -2.10. The first-order valence-corrected chi connectivity index (χ1v) is 10.3. The number of rotatable bonds is 7. The molecule has 3 rings (SSSR count). The van der Waals surface area contributed by atoms with Gasteiger partial charge in [-0.3, -0.25) is 4.79 Å². The van der Waals surface area contributed by atoms with Crippen LogP contribution in [0.1, 0.15) is 46.6 Å². The third-order valence-electron chi connectivity index (χ3n) is 4.43. The highest BCUT2D eigenvalue weighted by Crippen LogP contribution is 2.23. The largest absolute Gasteiger partial charge is 0.350 e. The Morgan fingerprint density at radius 1 is 1.15 bits per heavy atom. The predicted octanol–water partition coefficient (Wildman–Crippen LogP) is 1.96. The van der Waals surface area contributed by atoms with Gasteiger partial charge in [-0.1, -0.05) is 22.9 Å². The summed E-state index contributed by atoms with van der Waals surface area (Å²) in [7, 11) is -3.52. The van der Waals surface area contributed by atoms with E-state index in [-0.39, 0.29) is 17.3 Å². The van der Waals surface area contributed by atoms with E-state index in [0.717, 1.165) is 42.5 Å². The zero-order valence-corrected chi connectivity index (χ0v) is 15.6. The van der Waals surface area contributed by atoms with Gasteiger partial charge in [0.1, 0.15) is 0 Å². The molecule has 7 nitrogen and oxygen atoms in total. The highest BCUT2D eigenvalue weighted by atomic mass is 32.2. The van der Waals surface area contributed by atoms with Crippen LogP contribution >= 0.6 is 0 Å². The van der Waals surface area contributed by atoms with E-state index < -0.39 is 10.0 Å². The summed E-state index contributed by atoms with van der Waals surface area (Å²) in [5, 5.41) is 6.73. The number of carbonyl (C=O) groups excluding carboxylic acids is 1. The van der Waals surface area contributed by atoms with E-state index in [4.69, 9.17) is 4.52 Å². The molecule has 0 bridgehead atoms. The van der Waals surface area contributed by atoms with E-state index in [2.05, 4.69) is 15.2 Å². The van der Waals surface area contributed by atoms with Crippen molar-refractivity contribution in [1.82, 2.24) is 15.2 Å². The number of amides is 1. The number of nitrogens with zero attached hydrogens (tertiary/aromatic N) is 1. The van der Waals surface area contributed by atoms with Gasteiger partial charge in [0.25, 0.3) is 5.91 Å². The van der Waals surface area contributed by atoms with Gasteiger partial charge >= 0.3 is 0 Å². The number of hydrogen-bond acceptors (Lipinski definition) is 5. The molecule has 1 heterocycles. The molecule has 2 aromatic rings. The van der Waals surface area contributed by atoms with Crippen molar-refractivity contribution in [2.24, 2.45) is 0 Å². The number of aromatic nitrogens is 1. The molecule has 0 spiro atoms. The minimum Gasteiger partial charge on any atom is -0.350 e. The van der Waals surface area contributed by atoms with E-state index in [1.165, 1.54) is 0 Å². The Morgan fingerprint density at radius 2 is 1.88 bits per heavy atom. The van der Waals surface area contributed by atoms with Crippen LogP contribution < -0.4 is 10.0 Å². The molecule has 0 unspecified atom stereocenters. The molecule has 0 radical (unpaired) electrons. The second kappa shape index (κ2) is 8.01. The molecule has 1 aliphatic rings. The summed E-state index contributed by atoms with van der Waals surface area (Å²) < 4.78 is 32.1. The average Bonchev–Trinajstić information content (AvgIpc) is 3.06. The Labute approximate surface area is 153 Å². The molecule has 140 valence electrons. The Bertz CT molecular complexity index is 872. The van der Waals surface area contributed by atoms with Gasteiger partial charge in [-0.25, -0.2) is 13.1 Å². The van der Waals surface area contributed by atoms with Crippen LogP contribution in [0.5, 0.6) is 0 Å². The number of benzene rings is 1. The van der Waals surface area contributed by atoms with E-state index in [1.54, 1.807) is 24.3 Å². The SMILES string of the molecule is Cc1ccc(S(=O)(=O)NCCCNC(=O)c2onc3c2CCCC3)cc1. The molecule has 1 amide bonds. The van der Waals surface area contributed by atoms with Gasteiger partial charge in [0.15, 0.2) is 0 Å². The van der Waals surface area contributed by atoms with Crippen molar-refractivity contribution in [2.75, 3.05) is 13.1 Å². The summed E-state index contributed by atoms with van der Waals surface area (Å²) in [6.45, 7) is 2.49. The maximum Gasteiger partial charge on any atom is 0.290 e. The highest BCUT2D eigenvalue weighted by molar-refractivity contribution is 7.89. The van der Waals surface area contributed by atoms with Crippen LogP contribution in [0, 0.1) is 6.92 Å². The van der Waals surface area contributed by atoms with Crippen LogP contribution in [0.4, 0.5) is 0 Å². The summed E-state index contributed by atoms with van der Waals surface area (Å²) in [5.74, 6) is 0.00183. The highest BCUT2D eigenvalue weighted by Gasteiger charge is 2.23. The predicted molar refractivity (Wildman–Crippen MR) is 96.5 cm³/mol. The summed E-state index contributed by atoms with van der Waals surface area (Å²) in [6, 6.07) is 6.67. The number of carbonyl (C=O) groups is 1. The molecule has 1 aromatic carbocycles. The first-order valence-electron chi connectivity index (χ1n) is 8.79. The molecule has 1 aromatic heterocycles. The first kappa shape index (κ1) is 18.6. The van der Waals surface area contributed by atoms with E-state index in [9.17, 15) is 13.2 Å². The quantitative estimate of drug-likeness (QED) is 0.718. The third-order valence-corrected chi connectivity index (χ3v) is 5.91. The molecule has 0 fully saturated rings. The smallest absolute Gasteiger partial charge is 0.290 e. The Morgan fingerprint density at radius 3 is 2.65 bits per heavy atom. The van der Waals surface area contributed by atoms with Gasteiger partial charge < -0.3 is 9.84 Å². The summed E-state index contributed by atoms with van der Waals surface area (Å²) in [5.41, 5.74) is 2.79. The Kier molecular flexibility index (Phi) is 5.73. The third kappa shape index (κ3) is 4.31. The number of sulfonamides is 1. The number of aryl methyl sites for hydroxylation is 2. The van der Waals surface area contributed by atoms with E-state index in [0.29, 0.717) is 18.7 Å². The van der Waals surface area contributed by atoms with Gasteiger partial charge in [-0.15, -0.1) is 0 Å². The molecule has 0 saturated carbocycles. The van der Waals surface area contributed by atoms with Crippen molar-refractivity contribution in [3.8, 4) is 0 Å². The molecule has 2 N–H and O–H groups in total. The second-order valence-electron chi connectivity index (χ2n) is 6.46. The van der Waals surface area contributed by atoms with Crippen molar-refractivity contribution in [3.05, 3.63) is 46.8 Å². The van der Waals surface area contributed by atoms with Crippen LogP contribution in [-0.2, 0) is 22.9 Å². The zero-order chi connectivity index (χ0) is 18.6. The normalized spacial score (nSPS) is 14.0. The fraction of sp³-hybridized carbons (Fsp3) is 0.444. The van der Waals surface area contributed by atoms with Crippen LogP contribution in [0.2, 0.25) is 0 Å². The zero-order valence-electron chi connectivity index (χ0n) is 14.7. The second-order valence-corrected chi connectivity index (χ2v) is 8.23. The maximum absolute atomic E-state index is 12.2. The van der Waals surface area contributed by atoms with Crippen molar-refractivity contribution < 1.29 is 17.7 Å². The minimum absolute atomic E-state index is 0.237. The average molecular weight is 377 g/mol. The van der Waals surface area contributed by atoms with Crippen LogP contribution in [0.25, 0.3) is 0 Å². The van der Waals surface area contributed by atoms with Crippen molar-refractivity contribution in [2.45, 2.75) is 43.9 Å². The van der Waals surface area contributed by atoms with Crippen molar-refractivity contribution in [1.29, 1.82) is 0 Å². The van der Waals surface area contributed by atoms with Crippen LogP contribution in [0.15, 0.2) is 33.7 Å². The summed E-state index contributed by atoms with van der Waals surface area (Å²) in [4.78, 5) is 12.4. The van der Waals surface area contributed by atoms with Gasteiger partial charge in [0.2, 0.25) is 15.8 Å².